The van der Waals surface area contributed by atoms with Crippen molar-refractivity contribution in [1.82, 2.24) is 4.90 Å². The van der Waals surface area contributed by atoms with Gasteiger partial charge in [-0.1, -0.05) is 12.1 Å². The van der Waals surface area contributed by atoms with E-state index < -0.39 is 0 Å². The summed E-state index contributed by atoms with van der Waals surface area (Å²) in [5.74, 6) is 1.77. The summed E-state index contributed by atoms with van der Waals surface area (Å²) in [6, 6.07) is 15.5. The molecule has 138 valence electrons. The van der Waals surface area contributed by atoms with E-state index in [-0.39, 0.29) is 5.91 Å². The van der Waals surface area contributed by atoms with Crippen LogP contribution in [0.2, 0.25) is 0 Å². The molecule has 5 heteroatoms. The second-order valence-electron chi connectivity index (χ2n) is 6.14. The average molecular weight is 354 g/mol. The van der Waals surface area contributed by atoms with E-state index in [1.807, 2.05) is 61.2 Å². The number of amides is 1. The van der Waals surface area contributed by atoms with Crippen molar-refractivity contribution in [2.75, 3.05) is 44.3 Å². The Kier molecular flexibility index (Phi) is 6.00. The molecule has 0 unspecified atom stereocenters. The summed E-state index contributed by atoms with van der Waals surface area (Å²) in [7, 11) is 0. The zero-order valence-corrected chi connectivity index (χ0v) is 15.5. The van der Waals surface area contributed by atoms with Gasteiger partial charge in [0.2, 0.25) is 0 Å². The van der Waals surface area contributed by atoms with Crippen LogP contribution in [0.4, 0.5) is 5.69 Å². The smallest absolute Gasteiger partial charge is 0.253 e. The van der Waals surface area contributed by atoms with Crippen LogP contribution in [-0.4, -0.2) is 50.2 Å². The largest absolute Gasteiger partial charge is 0.494 e. The predicted molar refractivity (Wildman–Crippen MR) is 103 cm³/mol. The lowest BCUT2D eigenvalue weighted by Crippen LogP contribution is -2.48. The summed E-state index contributed by atoms with van der Waals surface area (Å²) in [4.78, 5) is 16.9. The molecule has 1 aliphatic rings. The number of anilines is 1. The molecular formula is C21H26N2O3. The maximum atomic E-state index is 12.7. The van der Waals surface area contributed by atoms with E-state index in [1.54, 1.807) is 0 Å². The SMILES string of the molecule is CCOc1ccc(C(=O)N2CCN(c3ccccc3OCC)CC2)cc1. The van der Waals surface area contributed by atoms with Crippen molar-refractivity contribution in [3.63, 3.8) is 0 Å². The number of piperazine rings is 1. The highest BCUT2D eigenvalue weighted by atomic mass is 16.5. The third kappa shape index (κ3) is 4.10. The molecule has 0 saturated carbocycles. The first kappa shape index (κ1) is 18.1. The summed E-state index contributed by atoms with van der Waals surface area (Å²) >= 11 is 0. The van der Waals surface area contributed by atoms with Gasteiger partial charge in [-0.25, -0.2) is 0 Å². The Balaban J connectivity index is 1.62. The molecule has 0 aromatic heterocycles. The van der Waals surface area contributed by atoms with E-state index >= 15 is 0 Å². The van der Waals surface area contributed by atoms with Crippen molar-refractivity contribution >= 4 is 11.6 Å². The molecule has 2 aromatic carbocycles. The molecule has 0 spiro atoms. The maximum absolute atomic E-state index is 12.7. The quantitative estimate of drug-likeness (QED) is 0.797. The van der Waals surface area contributed by atoms with Gasteiger partial charge in [-0.2, -0.15) is 0 Å². The van der Waals surface area contributed by atoms with Crippen molar-refractivity contribution in [2.24, 2.45) is 0 Å². The first-order valence-corrected chi connectivity index (χ1v) is 9.21. The molecule has 1 fully saturated rings. The van der Waals surface area contributed by atoms with Gasteiger partial charge in [0.25, 0.3) is 5.91 Å². The molecule has 26 heavy (non-hydrogen) atoms. The molecule has 1 aliphatic heterocycles. The van der Waals surface area contributed by atoms with Gasteiger partial charge in [-0.15, -0.1) is 0 Å². The summed E-state index contributed by atoms with van der Waals surface area (Å²) < 4.78 is 11.2. The normalized spacial score (nSPS) is 14.2. The second kappa shape index (κ2) is 8.61. The van der Waals surface area contributed by atoms with E-state index in [1.165, 1.54) is 0 Å². The third-order valence-corrected chi connectivity index (χ3v) is 4.48. The minimum atomic E-state index is 0.0748. The van der Waals surface area contributed by atoms with Crippen LogP contribution >= 0.6 is 0 Å². The van der Waals surface area contributed by atoms with Crippen molar-refractivity contribution in [1.29, 1.82) is 0 Å². The van der Waals surface area contributed by atoms with Gasteiger partial charge >= 0.3 is 0 Å². The molecule has 1 heterocycles. The highest BCUT2D eigenvalue weighted by Gasteiger charge is 2.23. The molecule has 1 amide bonds. The Morgan fingerprint density at radius 3 is 2.19 bits per heavy atom. The lowest BCUT2D eigenvalue weighted by molar-refractivity contribution is 0.0746. The second-order valence-corrected chi connectivity index (χ2v) is 6.14. The molecular weight excluding hydrogens is 328 g/mol. The fourth-order valence-corrected chi connectivity index (χ4v) is 3.19. The van der Waals surface area contributed by atoms with Crippen LogP contribution in [0.15, 0.2) is 48.5 Å². The molecule has 0 radical (unpaired) electrons. The van der Waals surface area contributed by atoms with Crippen molar-refractivity contribution < 1.29 is 14.3 Å². The number of hydrogen-bond acceptors (Lipinski definition) is 4. The minimum Gasteiger partial charge on any atom is -0.494 e. The molecule has 0 atom stereocenters. The number of carbonyl (C=O) groups excluding carboxylic acids is 1. The molecule has 3 rings (SSSR count). The topological polar surface area (TPSA) is 42.0 Å². The molecule has 2 aromatic rings. The minimum absolute atomic E-state index is 0.0748. The van der Waals surface area contributed by atoms with Gasteiger partial charge in [0, 0.05) is 31.7 Å². The van der Waals surface area contributed by atoms with E-state index in [9.17, 15) is 4.79 Å². The number of para-hydroxylation sites is 2. The highest BCUT2D eigenvalue weighted by Crippen LogP contribution is 2.29. The highest BCUT2D eigenvalue weighted by molar-refractivity contribution is 5.94. The molecule has 0 N–H and O–H groups in total. The Bertz CT molecular complexity index is 722. The summed E-state index contributed by atoms with van der Waals surface area (Å²) in [6.07, 6.45) is 0. The summed E-state index contributed by atoms with van der Waals surface area (Å²) in [5, 5.41) is 0. The standard InChI is InChI=1S/C21H26N2O3/c1-3-25-18-11-9-17(10-12-18)21(24)23-15-13-22(14-16-23)19-7-5-6-8-20(19)26-4-2/h5-12H,3-4,13-16H2,1-2H3. The average Bonchev–Trinajstić information content (AvgIpc) is 2.69. The fourth-order valence-electron chi connectivity index (χ4n) is 3.19. The number of hydrogen-bond donors (Lipinski definition) is 0. The van der Waals surface area contributed by atoms with E-state index in [0.717, 1.165) is 30.3 Å². The number of ether oxygens (including phenoxy) is 2. The van der Waals surface area contributed by atoms with Gasteiger partial charge in [0.1, 0.15) is 11.5 Å². The predicted octanol–water partition coefficient (Wildman–Crippen LogP) is 3.45. The first-order valence-electron chi connectivity index (χ1n) is 9.21. The zero-order valence-electron chi connectivity index (χ0n) is 15.5. The van der Waals surface area contributed by atoms with E-state index in [0.29, 0.717) is 31.9 Å². The Hall–Kier alpha value is -2.69. The van der Waals surface area contributed by atoms with Gasteiger partial charge in [-0.3, -0.25) is 4.79 Å². The van der Waals surface area contributed by atoms with Crippen LogP contribution in [-0.2, 0) is 0 Å². The third-order valence-electron chi connectivity index (χ3n) is 4.48. The van der Waals surface area contributed by atoms with Crippen LogP contribution in [0.25, 0.3) is 0 Å². The molecule has 0 aliphatic carbocycles. The first-order chi connectivity index (χ1) is 12.7. The van der Waals surface area contributed by atoms with Crippen LogP contribution in [0.5, 0.6) is 11.5 Å². The lowest BCUT2D eigenvalue weighted by Gasteiger charge is -2.36. The van der Waals surface area contributed by atoms with Crippen LogP contribution in [0.3, 0.4) is 0 Å². The van der Waals surface area contributed by atoms with Gasteiger partial charge in [0.15, 0.2) is 0 Å². The summed E-state index contributed by atoms with van der Waals surface area (Å²) in [6.45, 7) is 8.21. The van der Waals surface area contributed by atoms with Crippen LogP contribution in [0, 0.1) is 0 Å². The monoisotopic (exact) mass is 354 g/mol. The van der Waals surface area contributed by atoms with Crippen molar-refractivity contribution in [2.45, 2.75) is 13.8 Å². The molecule has 0 bridgehead atoms. The van der Waals surface area contributed by atoms with Gasteiger partial charge in [-0.05, 0) is 50.2 Å². The number of rotatable bonds is 6. The zero-order chi connectivity index (χ0) is 18.4. The number of nitrogens with zero attached hydrogens (tertiary/aromatic N) is 2. The molecule has 1 saturated heterocycles. The Morgan fingerprint density at radius 1 is 0.885 bits per heavy atom. The Labute approximate surface area is 155 Å². The van der Waals surface area contributed by atoms with Crippen LogP contribution < -0.4 is 14.4 Å². The van der Waals surface area contributed by atoms with Gasteiger partial charge in [0.05, 0.1) is 18.9 Å². The van der Waals surface area contributed by atoms with Crippen molar-refractivity contribution in [3.8, 4) is 11.5 Å². The summed E-state index contributed by atoms with van der Waals surface area (Å²) in [5.41, 5.74) is 1.80. The number of carbonyl (C=O) groups is 1. The number of benzene rings is 2. The van der Waals surface area contributed by atoms with E-state index in [4.69, 9.17) is 9.47 Å². The lowest BCUT2D eigenvalue weighted by atomic mass is 10.1. The van der Waals surface area contributed by atoms with Crippen LogP contribution in [0.1, 0.15) is 24.2 Å². The Morgan fingerprint density at radius 2 is 1.54 bits per heavy atom. The maximum Gasteiger partial charge on any atom is 0.253 e. The van der Waals surface area contributed by atoms with Gasteiger partial charge < -0.3 is 19.3 Å². The van der Waals surface area contributed by atoms with E-state index in [2.05, 4.69) is 11.0 Å². The molecule has 5 nitrogen and oxygen atoms in total. The van der Waals surface area contributed by atoms with Crippen molar-refractivity contribution in [3.05, 3.63) is 54.1 Å². The fraction of sp³-hybridized carbons (Fsp3) is 0.381.